The third kappa shape index (κ3) is 2.15. The van der Waals surface area contributed by atoms with Gasteiger partial charge in [-0.1, -0.05) is 18.2 Å². The number of aryl methyl sites for hydroxylation is 1. The van der Waals surface area contributed by atoms with Crippen molar-refractivity contribution in [3.63, 3.8) is 0 Å². The summed E-state index contributed by atoms with van der Waals surface area (Å²) in [5, 5.41) is 7.11. The number of benzene rings is 2. The summed E-state index contributed by atoms with van der Waals surface area (Å²) in [6, 6.07) is 21.2. The minimum atomic E-state index is 0.952. The minimum absolute atomic E-state index is 0.952. The van der Waals surface area contributed by atoms with Gasteiger partial charge in [0.15, 0.2) is 0 Å². The van der Waals surface area contributed by atoms with Crippen molar-refractivity contribution < 1.29 is 0 Å². The van der Waals surface area contributed by atoms with Crippen molar-refractivity contribution in [3.8, 4) is 16.9 Å². The molecular weight excluding hydrogens is 320 g/mol. The second-order valence-electron chi connectivity index (χ2n) is 6.33. The highest BCUT2D eigenvalue weighted by molar-refractivity contribution is 6.08. The Hall–Kier alpha value is -3.40. The van der Waals surface area contributed by atoms with Crippen LogP contribution >= 0.6 is 0 Å². The Morgan fingerprint density at radius 2 is 1.62 bits per heavy atom. The lowest BCUT2D eigenvalue weighted by atomic mass is 10.1. The van der Waals surface area contributed by atoms with Crippen LogP contribution in [0.25, 0.3) is 38.8 Å². The molecule has 0 aliphatic rings. The number of nitrogens with zero attached hydrogens (tertiary/aromatic N) is 4. The van der Waals surface area contributed by atoms with Crippen molar-refractivity contribution in [1.82, 2.24) is 19.3 Å². The second kappa shape index (κ2) is 5.85. The Kier molecular flexibility index (Phi) is 3.35. The van der Waals surface area contributed by atoms with Gasteiger partial charge < -0.3 is 4.57 Å². The Labute approximate surface area is 151 Å². The molecule has 3 heterocycles. The maximum Gasteiger partial charge on any atom is 0.0742 e. The van der Waals surface area contributed by atoms with Gasteiger partial charge in [-0.25, -0.2) is 4.68 Å². The number of hydrogen-bond acceptors (Lipinski definition) is 2. The average Bonchev–Trinajstić information content (AvgIpc) is 3.31. The summed E-state index contributed by atoms with van der Waals surface area (Å²) < 4.78 is 4.36. The van der Waals surface area contributed by atoms with Gasteiger partial charge in [-0.2, -0.15) is 5.10 Å². The number of fused-ring (bicyclic) bond motifs is 3. The fourth-order valence-corrected chi connectivity index (χ4v) is 3.76. The average molecular weight is 338 g/mol. The number of para-hydroxylation sites is 1. The lowest BCUT2D eigenvalue weighted by Gasteiger charge is -2.09. The molecule has 4 heteroatoms. The van der Waals surface area contributed by atoms with E-state index < -0.39 is 0 Å². The van der Waals surface area contributed by atoms with Crippen LogP contribution in [-0.4, -0.2) is 19.3 Å². The first-order chi connectivity index (χ1) is 12.9. The maximum absolute atomic E-state index is 4.57. The molecule has 0 amide bonds. The number of hydrogen-bond donors (Lipinski definition) is 0. The summed E-state index contributed by atoms with van der Waals surface area (Å²) in [6.45, 7) is 3.14. The predicted octanol–water partition coefficient (Wildman–Crippen LogP) is 5.06. The van der Waals surface area contributed by atoms with Crippen LogP contribution in [-0.2, 0) is 6.54 Å². The zero-order valence-corrected chi connectivity index (χ0v) is 14.5. The lowest BCUT2D eigenvalue weighted by molar-refractivity contribution is 0.826. The van der Waals surface area contributed by atoms with Gasteiger partial charge in [-0.15, -0.1) is 0 Å². The molecule has 0 saturated carbocycles. The number of rotatable bonds is 3. The molecular formula is C22H18N4. The Balaban J connectivity index is 1.75. The summed E-state index contributed by atoms with van der Waals surface area (Å²) >= 11 is 0. The van der Waals surface area contributed by atoms with Crippen molar-refractivity contribution in [1.29, 1.82) is 0 Å². The number of pyridine rings is 1. The second-order valence-corrected chi connectivity index (χ2v) is 6.33. The largest absolute Gasteiger partial charge is 0.341 e. The lowest BCUT2D eigenvalue weighted by Crippen LogP contribution is -1.99. The van der Waals surface area contributed by atoms with E-state index >= 15 is 0 Å². The third-order valence-electron chi connectivity index (χ3n) is 4.94. The summed E-state index contributed by atoms with van der Waals surface area (Å²) in [5.74, 6) is 0. The molecule has 0 spiro atoms. The van der Waals surface area contributed by atoms with Gasteiger partial charge in [0.1, 0.15) is 0 Å². The Morgan fingerprint density at radius 1 is 0.808 bits per heavy atom. The molecule has 0 bridgehead atoms. The zero-order valence-electron chi connectivity index (χ0n) is 14.5. The molecule has 0 fully saturated rings. The molecule has 0 aliphatic carbocycles. The van der Waals surface area contributed by atoms with Crippen LogP contribution in [0.4, 0.5) is 0 Å². The fourth-order valence-electron chi connectivity index (χ4n) is 3.76. The van der Waals surface area contributed by atoms with Crippen molar-refractivity contribution >= 4 is 21.8 Å². The molecule has 0 unspecified atom stereocenters. The molecule has 5 aromatic rings. The van der Waals surface area contributed by atoms with Crippen molar-refractivity contribution in [2.24, 2.45) is 0 Å². The smallest absolute Gasteiger partial charge is 0.0742 e. The van der Waals surface area contributed by atoms with Crippen LogP contribution in [0.3, 0.4) is 0 Å². The highest BCUT2D eigenvalue weighted by atomic mass is 15.3. The minimum Gasteiger partial charge on any atom is -0.341 e. The Morgan fingerprint density at radius 3 is 2.46 bits per heavy atom. The van der Waals surface area contributed by atoms with E-state index in [0.29, 0.717) is 0 Å². The van der Waals surface area contributed by atoms with E-state index in [1.165, 1.54) is 21.8 Å². The van der Waals surface area contributed by atoms with Gasteiger partial charge in [0.2, 0.25) is 0 Å². The van der Waals surface area contributed by atoms with E-state index in [1.54, 1.807) is 0 Å². The topological polar surface area (TPSA) is 35.6 Å². The standard InChI is InChI=1S/C22H18N4/c1-2-25-21-6-4-3-5-18(21)19-15-17(7-8-22(19)25)26-20(11-14-24-26)16-9-12-23-13-10-16/h3-15H,2H2,1H3. The van der Waals surface area contributed by atoms with Crippen molar-refractivity contribution in [3.05, 3.63) is 79.3 Å². The highest BCUT2D eigenvalue weighted by Gasteiger charge is 2.12. The molecule has 3 aromatic heterocycles. The van der Waals surface area contributed by atoms with E-state index in [4.69, 9.17) is 0 Å². The van der Waals surface area contributed by atoms with Crippen molar-refractivity contribution in [2.75, 3.05) is 0 Å². The van der Waals surface area contributed by atoms with Crippen LogP contribution in [0.1, 0.15) is 6.92 Å². The van der Waals surface area contributed by atoms with Gasteiger partial charge in [0, 0.05) is 46.3 Å². The normalized spacial score (nSPS) is 11.4. The maximum atomic E-state index is 4.57. The molecule has 0 N–H and O–H groups in total. The Bertz CT molecular complexity index is 1220. The summed E-state index contributed by atoms with van der Waals surface area (Å²) in [4.78, 5) is 4.11. The summed E-state index contributed by atoms with van der Waals surface area (Å²) in [6.07, 6.45) is 5.46. The summed E-state index contributed by atoms with van der Waals surface area (Å²) in [7, 11) is 0. The monoisotopic (exact) mass is 338 g/mol. The van der Waals surface area contributed by atoms with E-state index in [1.807, 2.05) is 41.5 Å². The first-order valence-corrected chi connectivity index (χ1v) is 8.82. The first-order valence-electron chi connectivity index (χ1n) is 8.82. The van der Waals surface area contributed by atoms with Gasteiger partial charge in [0.25, 0.3) is 0 Å². The molecule has 126 valence electrons. The molecule has 0 saturated heterocycles. The predicted molar refractivity (Wildman–Crippen MR) is 105 cm³/mol. The first kappa shape index (κ1) is 14.9. The van der Waals surface area contributed by atoms with Gasteiger partial charge >= 0.3 is 0 Å². The summed E-state index contributed by atoms with van der Waals surface area (Å²) in [5.41, 5.74) is 5.76. The van der Waals surface area contributed by atoms with Gasteiger partial charge in [-0.05, 0) is 49.4 Å². The van der Waals surface area contributed by atoms with E-state index in [0.717, 1.165) is 23.5 Å². The molecule has 0 atom stereocenters. The molecule has 5 rings (SSSR count). The van der Waals surface area contributed by atoms with E-state index in [2.05, 4.69) is 64.0 Å². The quantitative estimate of drug-likeness (QED) is 0.461. The SMILES string of the molecule is CCn1c2ccccc2c2cc(-n3nccc3-c3ccncc3)ccc21. The van der Waals surface area contributed by atoms with Gasteiger partial charge in [-0.3, -0.25) is 4.98 Å². The third-order valence-corrected chi connectivity index (χ3v) is 4.94. The van der Waals surface area contributed by atoms with Crippen LogP contribution in [0, 0.1) is 0 Å². The number of aromatic nitrogens is 4. The van der Waals surface area contributed by atoms with Crippen LogP contribution in [0.15, 0.2) is 79.3 Å². The van der Waals surface area contributed by atoms with Gasteiger partial charge in [0.05, 0.1) is 17.6 Å². The fraction of sp³-hybridized carbons (Fsp3) is 0.0909. The van der Waals surface area contributed by atoms with Crippen LogP contribution < -0.4 is 0 Å². The molecule has 2 aromatic carbocycles. The van der Waals surface area contributed by atoms with Crippen LogP contribution in [0.5, 0.6) is 0 Å². The zero-order chi connectivity index (χ0) is 17.5. The van der Waals surface area contributed by atoms with Crippen molar-refractivity contribution in [2.45, 2.75) is 13.5 Å². The van der Waals surface area contributed by atoms with E-state index in [-0.39, 0.29) is 0 Å². The van der Waals surface area contributed by atoms with E-state index in [9.17, 15) is 0 Å². The molecule has 26 heavy (non-hydrogen) atoms. The highest BCUT2D eigenvalue weighted by Crippen LogP contribution is 2.31. The molecule has 0 radical (unpaired) electrons. The molecule has 4 nitrogen and oxygen atoms in total. The molecule has 0 aliphatic heterocycles. The van der Waals surface area contributed by atoms with Crippen LogP contribution in [0.2, 0.25) is 0 Å².